The molecule has 166 valence electrons. The van der Waals surface area contributed by atoms with Crippen LogP contribution in [0, 0.1) is 0 Å². The molecule has 1 aliphatic heterocycles. The summed E-state index contributed by atoms with van der Waals surface area (Å²) < 4.78 is 2.37. The third kappa shape index (κ3) is 3.30. The fourth-order valence-electron chi connectivity index (χ4n) is 5.48. The van der Waals surface area contributed by atoms with Gasteiger partial charge in [-0.2, -0.15) is 0 Å². The molecular formula is C33H24N2. The van der Waals surface area contributed by atoms with Crippen molar-refractivity contribution in [1.82, 2.24) is 9.55 Å². The Morgan fingerprint density at radius 2 is 1.20 bits per heavy atom. The molecule has 2 heteroatoms. The van der Waals surface area contributed by atoms with E-state index in [0.29, 0.717) is 0 Å². The number of hydrogen-bond acceptors (Lipinski definition) is 1. The van der Waals surface area contributed by atoms with E-state index in [0.717, 1.165) is 24.2 Å². The molecule has 0 saturated carbocycles. The molecule has 0 amide bonds. The molecule has 2 heterocycles. The lowest BCUT2D eigenvalue weighted by Crippen LogP contribution is -2.11. The Bertz CT molecular complexity index is 1620. The summed E-state index contributed by atoms with van der Waals surface area (Å²) in [6, 6.07) is 43.5. The molecule has 5 aromatic carbocycles. The van der Waals surface area contributed by atoms with Gasteiger partial charge in [0, 0.05) is 6.42 Å². The van der Waals surface area contributed by atoms with E-state index in [1.165, 1.54) is 50.1 Å². The van der Waals surface area contributed by atoms with Crippen molar-refractivity contribution >= 4 is 11.0 Å². The van der Waals surface area contributed by atoms with Gasteiger partial charge in [-0.15, -0.1) is 0 Å². The van der Waals surface area contributed by atoms with E-state index < -0.39 is 0 Å². The number of imidazole rings is 1. The summed E-state index contributed by atoms with van der Waals surface area (Å²) in [7, 11) is 0. The lowest BCUT2D eigenvalue weighted by atomic mass is 9.87. The molecule has 1 aromatic heterocycles. The van der Waals surface area contributed by atoms with Gasteiger partial charge in [-0.05, 0) is 63.6 Å². The maximum atomic E-state index is 5.01. The highest BCUT2D eigenvalue weighted by Gasteiger charge is 2.21. The molecule has 0 spiro atoms. The molecule has 2 nitrogen and oxygen atoms in total. The average Bonchev–Trinajstić information content (AvgIpc) is 3.32. The Morgan fingerprint density at radius 3 is 1.91 bits per heavy atom. The minimum absolute atomic E-state index is 0.969. The minimum Gasteiger partial charge on any atom is -0.296 e. The van der Waals surface area contributed by atoms with E-state index in [1.807, 2.05) is 0 Å². The standard InChI is InChI=1S/C33H24N2/c1-3-10-23(11-4-1)27-15-9-16-28(24-12-5-2-6-13-24)33(27)26-18-20-29-31(22-26)35-30-17-8-7-14-25(30)19-21-32(35)34-29/h1-18,20,22H,19,21H2. The van der Waals surface area contributed by atoms with Crippen LogP contribution in [0.1, 0.15) is 11.4 Å². The highest BCUT2D eigenvalue weighted by Crippen LogP contribution is 2.41. The van der Waals surface area contributed by atoms with Gasteiger partial charge in [0.1, 0.15) is 5.82 Å². The number of hydrogen-bond donors (Lipinski definition) is 0. The third-order valence-electron chi connectivity index (χ3n) is 7.10. The number of rotatable bonds is 3. The Hall–Kier alpha value is -4.43. The number of aryl methyl sites for hydroxylation is 2. The minimum atomic E-state index is 0.969. The van der Waals surface area contributed by atoms with E-state index >= 15 is 0 Å². The normalized spacial score (nSPS) is 12.3. The second-order valence-corrected chi connectivity index (χ2v) is 9.16. The molecular weight excluding hydrogens is 424 g/mol. The quantitative estimate of drug-likeness (QED) is 0.267. The van der Waals surface area contributed by atoms with Crippen molar-refractivity contribution in [1.29, 1.82) is 0 Å². The van der Waals surface area contributed by atoms with Gasteiger partial charge < -0.3 is 0 Å². The summed E-state index contributed by atoms with van der Waals surface area (Å²) in [5.41, 5.74) is 12.3. The van der Waals surface area contributed by atoms with Crippen LogP contribution in [-0.4, -0.2) is 9.55 Å². The van der Waals surface area contributed by atoms with Crippen molar-refractivity contribution in [3.05, 3.63) is 133 Å². The number of nitrogens with zero attached hydrogens (tertiary/aromatic N) is 2. The van der Waals surface area contributed by atoms with Crippen LogP contribution in [0.2, 0.25) is 0 Å². The van der Waals surface area contributed by atoms with Crippen LogP contribution in [0.4, 0.5) is 0 Å². The van der Waals surface area contributed by atoms with Crippen molar-refractivity contribution in [2.45, 2.75) is 12.8 Å². The van der Waals surface area contributed by atoms with Gasteiger partial charge in [0.05, 0.1) is 16.7 Å². The van der Waals surface area contributed by atoms with Gasteiger partial charge in [-0.1, -0.05) is 103 Å². The molecule has 0 unspecified atom stereocenters. The third-order valence-corrected chi connectivity index (χ3v) is 7.10. The van der Waals surface area contributed by atoms with Crippen LogP contribution < -0.4 is 0 Å². The zero-order chi connectivity index (χ0) is 23.2. The topological polar surface area (TPSA) is 17.8 Å². The maximum Gasteiger partial charge on any atom is 0.114 e. The lowest BCUT2D eigenvalue weighted by Gasteiger charge is -2.20. The summed E-state index contributed by atoms with van der Waals surface area (Å²) in [6.07, 6.45) is 2.01. The number of benzene rings is 5. The summed E-state index contributed by atoms with van der Waals surface area (Å²) in [6.45, 7) is 0. The summed E-state index contributed by atoms with van der Waals surface area (Å²) in [5.74, 6) is 1.15. The first-order chi connectivity index (χ1) is 17.4. The largest absolute Gasteiger partial charge is 0.296 e. The first kappa shape index (κ1) is 20.0. The van der Waals surface area contributed by atoms with Crippen LogP contribution >= 0.6 is 0 Å². The molecule has 0 atom stereocenters. The highest BCUT2D eigenvalue weighted by molar-refractivity contribution is 5.97. The van der Waals surface area contributed by atoms with E-state index in [9.17, 15) is 0 Å². The SMILES string of the molecule is c1ccc(-c2cccc(-c3ccccc3)c2-c2ccc3nc4n(c3c2)-c2ccccc2CC4)cc1. The monoisotopic (exact) mass is 448 g/mol. The predicted molar refractivity (Wildman–Crippen MR) is 145 cm³/mol. The van der Waals surface area contributed by atoms with Crippen molar-refractivity contribution in [3.8, 4) is 39.1 Å². The van der Waals surface area contributed by atoms with Crippen LogP contribution in [0.15, 0.2) is 121 Å². The number of fused-ring (bicyclic) bond motifs is 5. The van der Waals surface area contributed by atoms with Crippen LogP contribution in [-0.2, 0) is 12.8 Å². The lowest BCUT2D eigenvalue weighted by molar-refractivity contribution is 0.789. The molecule has 0 bridgehead atoms. The van der Waals surface area contributed by atoms with E-state index in [2.05, 4.69) is 126 Å². The van der Waals surface area contributed by atoms with Crippen molar-refractivity contribution in [2.75, 3.05) is 0 Å². The van der Waals surface area contributed by atoms with Crippen molar-refractivity contribution in [2.24, 2.45) is 0 Å². The van der Waals surface area contributed by atoms with Gasteiger partial charge in [0.2, 0.25) is 0 Å². The van der Waals surface area contributed by atoms with Crippen molar-refractivity contribution in [3.63, 3.8) is 0 Å². The fourth-order valence-corrected chi connectivity index (χ4v) is 5.48. The predicted octanol–water partition coefficient (Wildman–Crippen LogP) is 8.13. The summed E-state index contributed by atoms with van der Waals surface area (Å²) in [4.78, 5) is 5.01. The zero-order valence-corrected chi connectivity index (χ0v) is 19.4. The molecule has 0 N–H and O–H groups in total. The Kier molecular flexibility index (Phi) is 4.63. The van der Waals surface area contributed by atoms with Crippen molar-refractivity contribution < 1.29 is 0 Å². The number of para-hydroxylation sites is 1. The molecule has 0 saturated heterocycles. The van der Waals surface area contributed by atoms with Gasteiger partial charge in [-0.25, -0.2) is 4.98 Å². The maximum absolute atomic E-state index is 5.01. The Morgan fingerprint density at radius 1 is 0.543 bits per heavy atom. The fraction of sp³-hybridized carbons (Fsp3) is 0.0606. The molecule has 0 aliphatic carbocycles. The second kappa shape index (κ2) is 8.11. The molecule has 1 aliphatic rings. The van der Waals surface area contributed by atoms with Gasteiger partial charge in [-0.3, -0.25) is 4.57 Å². The number of aromatic nitrogens is 2. The summed E-state index contributed by atoms with van der Waals surface area (Å²) >= 11 is 0. The second-order valence-electron chi connectivity index (χ2n) is 9.16. The smallest absolute Gasteiger partial charge is 0.114 e. The molecule has 7 rings (SSSR count). The van der Waals surface area contributed by atoms with Gasteiger partial charge >= 0.3 is 0 Å². The van der Waals surface area contributed by atoms with Crippen LogP contribution in [0.3, 0.4) is 0 Å². The van der Waals surface area contributed by atoms with Crippen LogP contribution in [0.5, 0.6) is 0 Å². The summed E-state index contributed by atoms with van der Waals surface area (Å²) in [5, 5.41) is 0. The van der Waals surface area contributed by atoms with Gasteiger partial charge in [0.15, 0.2) is 0 Å². The first-order valence-corrected chi connectivity index (χ1v) is 12.2. The van der Waals surface area contributed by atoms with Crippen LogP contribution in [0.25, 0.3) is 50.1 Å². The average molecular weight is 449 g/mol. The Balaban J connectivity index is 1.52. The van der Waals surface area contributed by atoms with Gasteiger partial charge in [0.25, 0.3) is 0 Å². The first-order valence-electron chi connectivity index (χ1n) is 12.2. The molecule has 35 heavy (non-hydrogen) atoms. The highest BCUT2D eigenvalue weighted by atomic mass is 15.1. The molecule has 0 radical (unpaired) electrons. The van der Waals surface area contributed by atoms with E-state index in [4.69, 9.17) is 4.98 Å². The molecule has 6 aromatic rings. The molecule has 0 fully saturated rings. The zero-order valence-electron chi connectivity index (χ0n) is 19.4. The van der Waals surface area contributed by atoms with E-state index in [-0.39, 0.29) is 0 Å². The Labute approximate surface area is 205 Å². The van der Waals surface area contributed by atoms with E-state index in [1.54, 1.807) is 0 Å².